The van der Waals surface area contributed by atoms with E-state index < -0.39 is 18.9 Å². The van der Waals surface area contributed by atoms with Gasteiger partial charge in [0.25, 0.3) is 0 Å². The highest BCUT2D eigenvalue weighted by atomic mass is 19.4. The van der Waals surface area contributed by atoms with Crippen molar-refractivity contribution in [3.8, 4) is 0 Å². The van der Waals surface area contributed by atoms with E-state index in [2.05, 4.69) is 4.98 Å². The molecule has 0 aliphatic rings. The Morgan fingerprint density at radius 1 is 1.31 bits per heavy atom. The summed E-state index contributed by atoms with van der Waals surface area (Å²) in [5, 5.41) is 17.6. The molecule has 16 heavy (non-hydrogen) atoms. The Kier molecular flexibility index (Phi) is 3.59. The van der Waals surface area contributed by atoms with Crippen LogP contribution in [0.25, 0.3) is 0 Å². The lowest BCUT2D eigenvalue weighted by atomic mass is 9.80. The molecule has 7 heteroatoms. The van der Waals surface area contributed by atoms with Gasteiger partial charge >= 0.3 is 13.3 Å². The molecular weight excluding hydrogens is 222 g/mol. The number of aromatic nitrogens is 1. The highest BCUT2D eigenvalue weighted by Gasteiger charge is 2.35. The number of alkyl halides is 3. The van der Waals surface area contributed by atoms with E-state index in [0.717, 1.165) is 6.20 Å². The molecule has 88 valence electrons. The summed E-state index contributed by atoms with van der Waals surface area (Å²) in [5.41, 5.74) is -1.29. The fraction of sp³-hybridized carbons (Fsp3) is 0.444. The minimum absolute atomic E-state index is 0.100. The van der Waals surface area contributed by atoms with Crippen molar-refractivity contribution in [2.24, 2.45) is 0 Å². The maximum absolute atomic E-state index is 12.6. The van der Waals surface area contributed by atoms with E-state index in [1.54, 1.807) is 13.8 Å². The topological polar surface area (TPSA) is 53.4 Å². The van der Waals surface area contributed by atoms with Crippen molar-refractivity contribution in [2.75, 3.05) is 0 Å². The second-order valence-electron chi connectivity index (χ2n) is 3.73. The minimum Gasteiger partial charge on any atom is -0.423 e. The Morgan fingerprint density at radius 2 is 1.88 bits per heavy atom. The molecule has 1 heterocycles. The molecule has 0 bridgehead atoms. The van der Waals surface area contributed by atoms with Gasteiger partial charge < -0.3 is 10.0 Å². The van der Waals surface area contributed by atoms with Gasteiger partial charge in [-0.2, -0.15) is 13.2 Å². The summed E-state index contributed by atoms with van der Waals surface area (Å²) >= 11 is 0. The van der Waals surface area contributed by atoms with Crippen LogP contribution in [0.2, 0.25) is 0 Å². The minimum atomic E-state index is -4.54. The average Bonchev–Trinajstić information content (AvgIpc) is 2.15. The number of hydrogen-bond acceptors (Lipinski definition) is 3. The number of nitrogens with zero attached hydrogens (tertiary/aromatic N) is 1. The highest BCUT2D eigenvalue weighted by Crippen LogP contribution is 2.33. The largest absolute Gasteiger partial charge is 0.490 e. The smallest absolute Gasteiger partial charge is 0.423 e. The van der Waals surface area contributed by atoms with E-state index in [0.29, 0.717) is 6.07 Å². The van der Waals surface area contributed by atoms with E-state index in [-0.39, 0.29) is 17.1 Å². The van der Waals surface area contributed by atoms with E-state index in [4.69, 9.17) is 10.0 Å². The third-order valence-corrected chi connectivity index (χ3v) is 2.09. The first-order chi connectivity index (χ1) is 7.23. The maximum Gasteiger partial charge on any atom is 0.490 e. The van der Waals surface area contributed by atoms with Gasteiger partial charge in [0.2, 0.25) is 0 Å². The third kappa shape index (κ3) is 2.73. The lowest BCUT2D eigenvalue weighted by Gasteiger charge is -2.15. The second-order valence-corrected chi connectivity index (χ2v) is 3.73. The van der Waals surface area contributed by atoms with Crippen LogP contribution in [0.15, 0.2) is 12.3 Å². The van der Waals surface area contributed by atoms with Crippen molar-refractivity contribution in [1.82, 2.24) is 4.98 Å². The molecule has 3 nitrogen and oxygen atoms in total. The van der Waals surface area contributed by atoms with E-state index >= 15 is 0 Å². The van der Waals surface area contributed by atoms with Crippen LogP contribution >= 0.6 is 0 Å². The summed E-state index contributed by atoms with van der Waals surface area (Å²) in [6.45, 7) is 3.18. The predicted octanol–water partition coefficient (Wildman–Crippen LogP) is 0.904. The zero-order valence-corrected chi connectivity index (χ0v) is 8.78. The predicted molar refractivity (Wildman–Crippen MR) is 53.2 cm³/mol. The van der Waals surface area contributed by atoms with Gasteiger partial charge in [-0.15, -0.1) is 0 Å². The second kappa shape index (κ2) is 4.43. The Hall–Kier alpha value is -1.08. The van der Waals surface area contributed by atoms with Crippen LogP contribution in [0.5, 0.6) is 0 Å². The molecule has 1 aromatic heterocycles. The molecule has 0 radical (unpaired) electrons. The normalized spacial score (nSPS) is 12.0. The first-order valence-electron chi connectivity index (χ1n) is 4.66. The summed E-state index contributed by atoms with van der Waals surface area (Å²) in [6.07, 6.45) is -3.51. The number of rotatable bonds is 2. The monoisotopic (exact) mass is 233 g/mol. The van der Waals surface area contributed by atoms with Crippen LogP contribution in [0.3, 0.4) is 0 Å². The van der Waals surface area contributed by atoms with Crippen LogP contribution in [0.4, 0.5) is 13.2 Å². The van der Waals surface area contributed by atoms with Crippen molar-refractivity contribution < 1.29 is 23.2 Å². The van der Waals surface area contributed by atoms with Crippen molar-refractivity contribution >= 4 is 12.6 Å². The summed E-state index contributed by atoms with van der Waals surface area (Å²) in [7, 11) is -1.95. The molecular formula is C9H11BF3NO2. The summed E-state index contributed by atoms with van der Waals surface area (Å²) < 4.78 is 37.9. The quantitative estimate of drug-likeness (QED) is 0.746. The van der Waals surface area contributed by atoms with Crippen LogP contribution < -0.4 is 5.46 Å². The van der Waals surface area contributed by atoms with Crippen molar-refractivity contribution in [3.63, 3.8) is 0 Å². The summed E-state index contributed by atoms with van der Waals surface area (Å²) in [5.74, 6) is -0.387. The summed E-state index contributed by atoms with van der Waals surface area (Å²) in [4.78, 5) is 3.63. The van der Waals surface area contributed by atoms with Crippen molar-refractivity contribution in [3.05, 3.63) is 23.5 Å². The van der Waals surface area contributed by atoms with Gasteiger partial charge in [-0.3, -0.25) is 4.98 Å². The van der Waals surface area contributed by atoms with Gasteiger partial charge in [0.05, 0.1) is 11.3 Å². The molecule has 0 aliphatic heterocycles. The van der Waals surface area contributed by atoms with Crippen LogP contribution in [-0.4, -0.2) is 22.2 Å². The molecule has 0 unspecified atom stereocenters. The third-order valence-electron chi connectivity index (χ3n) is 2.09. The first kappa shape index (κ1) is 13.0. The number of pyridine rings is 1. The Bertz CT molecular complexity index is 380. The lowest BCUT2D eigenvalue weighted by Crippen LogP contribution is -2.32. The first-order valence-corrected chi connectivity index (χ1v) is 4.66. The molecule has 0 atom stereocenters. The van der Waals surface area contributed by atoms with Crippen LogP contribution in [0.1, 0.15) is 31.0 Å². The zero-order chi connectivity index (χ0) is 12.5. The van der Waals surface area contributed by atoms with Gasteiger partial charge in [0.15, 0.2) is 0 Å². The van der Waals surface area contributed by atoms with Crippen LogP contribution in [-0.2, 0) is 6.18 Å². The van der Waals surface area contributed by atoms with E-state index in [1.165, 1.54) is 0 Å². The van der Waals surface area contributed by atoms with E-state index in [1.807, 2.05) is 0 Å². The van der Waals surface area contributed by atoms with E-state index in [9.17, 15) is 13.2 Å². The Labute approximate surface area is 91.1 Å². The van der Waals surface area contributed by atoms with Gasteiger partial charge in [0.1, 0.15) is 0 Å². The molecule has 2 N–H and O–H groups in total. The maximum atomic E-state index is 12.6. The Balaban J connectivity index is 3.33. The molecule has 0 aliphatic carbocycles. The standard InChI is InChI=1S/C9H11BF3NO2/c1-5(2)8-7(9(11,12)13)3-6(4-14-8)10(15)16/h3-5,15-16H,1-2H3. The molecule has 0 spiro atoms. The zero-order valence-electron chi connectivity index (χ0n) is 8.78. The molecule has 1 rings (SSSR count). The van der Waals surface area contributed by atoms with Crippen LogP contribution in [0, 0.1) is 0 Å². The molecule has 0 aromatic carbocycles. The molecule has 0 fully saturated rings. The van der Waals surface area contributed by atoms with Gasteiger partial charge in [-0.1, -0.05) is 13.8 Å². The Morgan fingerprint density at radius 3 is 2.25 bits per heavy atom. The fourth-order valence-electron chi connectivity index (χ4n) is 1.32. The number of hydrogen-bond donors (Lipinski definition) is 2. The SMILES string of the molecule is CC(C)c1ncc(B(O)O)cc1C(F)(F)F. The molecule has 0 saturated heterocycles. The number of halogens is 3. The average molecular weight is 233 g/mol. The lowest BCUT2D eigenvalue weighted by molar-refractivity contribution is -0.138. The van der Waals surface area contributed by atoms with Crippen molar-refractivity contribution in [1.29, 1.82) is 0 Å². The van der Waals surface area contributed by atoms with Gasteiger partial charge in [-0.25, -0.2) is 0 Å². The highest BCUT2D eigenvalue weighted by molar-refractivity contribution is 6.58. The fourth-order valence-corrected chi connectivity index (χ4v) is 1.32. The van der Waals surface area contributed by atoms with Gasteiger partial charge in [-0.05, 0) is 12.0 Å². The van der Waals surface area contributed by atoms with Crippen molar-refractivity contribution in [2.45, 2.75) is 25.9 Å². The molecule has 1 aromatic rings. The summed E-state index contributed by atoms with van der Waals surface area (Å²) in [6, 6.07) is 0.715. The molecule has 0 saturated carbocycles. The van der Waals surface area contributed by atoms with Gasteiger partial charge in [0, 0.05) is 11.7 Å². The molecule has 0 amide bonds.